The summed E-state index contributed by atoms with van der Waals surface area (Å²) in [4.78, 5) is 11.2. The van der Waals surface area contributed by atoms with Crippen molar-refractivity contribution in [3.63, 3.8) is 0 Å². The summed E-state index contributed by atoms with van der Waals surface area (Å²) in [5.74, 6) is -0.129. The lowest BCUT2D eigenvalue weighted by atomic mass is 9.98. The van der Waals surface area contributed by atoms with E-state index in [9.17, 15) is 20.1 Å². The van der Waals surface area contributed by atoms with Crippen LogP contribution in [-0.2, 0) is 9.53 Å². The van der Waals surface area contributed by atoms with Gasteiger partial charge in [0.2, 0.25) is 5.91 Å². The molecule has 118 valence electrons. The van der Waals surface area contributed by atoms with Gasteiger partial charge in [0.1, 0.15) is 23.7 Å². The Kier molecular flexibility index (Phi) is 7.17. The monoisotopic (exact) mass is 310 g/mol. The molecule has 1 aliphatic rings. The highest BCUT2D eigenvalue weighted by molar-refractivity contribution is 7.99. The first-order chi connectivity index (χ1) is 9.40. The number of hydrogen-bond acceptors (Lipinski definition) is 8. The molecule has 1 aliphatic heterocycles. The molecule has 0 aromatic rings. The molecule has 20 heavy (non-hydrogen) atoms. The van der Waals surface area contributed by atoms with Crippen molar-refractivity contribution < 1.29 is 30.0 Å². The number of aliphatic hydroxyl groups is 4. The zero-order valence-corrected chi connectivity index (χ0v) is 12.0. The lowest BCUT2D eigenvalue weighted by Gasteiger charge is -2.42. The summed E-state index contributed by atoms with van der Waals surface area (Å²) in [5, 5.41) is 40.9. The summed E-state index contributed by atoms with van der Waals surface area (Å²) in [6, 6.07) is -0.833. The minimum atomic E-state index is -1.30. The zero-order valence-electron chi connectivity index (χ0n) is 11.2. The van der Waals surface area contributed by atoms with Crippen LogP contribution in [0.1, 0.15) is 6.92 Å². The molecule has 9 heteroatoms. The van der Waals surface area contributed by atoms with Crippen molar-refractivity contribution in [3.05, 3.63) is 0 Å². The molecule has 6 atom stereocenters. The van der Waals surface area contributed by atoms with Gasteiger partial charge in [0, 0.05) is 19.2 Å². The van der Waals surface area contributed by atoms with Gasteiger partial charge in [0.05, 0.1) is 18.8 Å². The fourth-order valence-corrected chi connectivity index (χ4v) is 3.09. The standard InChI is InChI=1S/C11H22N2O6S/c1-5(15)13-8-10(18)9(17)7(3-14)19-11(8)20-4-6(16)2-12/h6-11,14,16-18H,2-4,12H2,1H3,(H,13,15)/t6-,7+,8+,9+,10+,11+/m1/s1. The molecule has 1 fully saturated rings. The highest BCUT2D eigenvalue weighted by atomic mass is 32.2. The Morgan fingerprint density at radius 3 is 2.60 bits per heavy atom. The predicted molar refractivity (Wildman–Crippen MR) is 72.9 cm³/mol. The van der Waals surface area contributed by atoms with Crippen molar-refractivity contribution in [3.8, 4) is 0 Å². The molecule has 0 aromatic heterocycles. The Balaban J connectivity index is 2.75. The van der Waals surface area contributed by atoms with Gasteiger partial charge in [-0.25, -0.2) is 0 Å². The zero-order chi connectivity index (χ0) is 15.3. The molecule has 1 amide bonds. The lowest BCUT2D eigenvalue weighted by molar-refractivity contribution is -0.173. The van der Waals surface area contributed by atoms with Gasteiger partial charge in [-0.2, -0.15) is 0 Å². The van der Waals surface area contributed by atoms with Gasteiger partial charge < -0.3 is 36.2 Å². The summed E-state index contributed by atoms with van der Waals surface area (Å²) < 4.78 is 5.46. The maximum absolute atomic E-state index is 11.2. The third-order valence-corrected chi connectivity index (χ3v) is 4.29. The van der Waals surface area contributed by atoms with E-state index in [0.717, 1.165) is 11.8 Å². The van der Waals surface area contributed by atoms with Crippen molar-refractivity contribution >= 4 is 17.7 Å². The number of aliphatic hydroxyl groups excluding tert-OH is 4. The van der Waals surface area contributed by atoms with Gasteiger partial charge in [-0.3, -0.25) is 4.79 Å². The molecule has 1 rings (SSSR count). The maximum atomic E-state index is 11.2. The van der Waals surface area contributed by atoms with Gasteiger partial charge >= 0.3 is 0 Å². The Bertz CT molecular complexity index is 321. The summed E-state index contributed by atoms with van der Waals surface area (Å²) >= 11 is 1.16. The second-order valence-electron chi connectivity index (χ2n) is 4.66. The molecule has 0 radical (unpaired) electrons. The first-order valence-corrected chi connectivity index (χ1v) is 7.34. The average Bonchev–Trinajstić information content (AvgIpc) is 2.42. The van der Waals surface area contributed by atoms with Crippen molar-refractivity contribution in [2.24, 2.45) is 5.73 Å². The molecule has 0 spiro atoms. The number of hydrogen-bond donors (Lipinski definition) is 6. The number of nitrogens with two attached hydrogens (primary N) is 1. The fraction of sp³-hybridized carbons (Fsp3) is 0.909. The summed E-state index contributed by atoms with van der Waals surface area (Å²) in [5.41, 5.74) is 4.60. The van der Waals surface area contributed by atoms with E-state index < -0.39 is 42.5 Å². The van der Waals surface area contributed by atoms with Gasteiger partial charge in [-0.05, 0) is 0 Å². The SMILES string of the molecule is CC(=O)N[C@H]1[C@H](O)[C@@H](O)[C@H](CO)O[C@H]1SC[C@H](O)CN. The predicted octanol–water partition coefficient (Wildman–Crippen LogP) is -3.02. The number of rotatable bonds is 6. The van der Waals surface area contributed by atoms with Crippen LogP contribution in [0.25, 0.3) is 0 Å². The van der Waals surface area contributed by atoms with Gasteiger partial charge in [0.15, 0.2) is 0 Å². The van der Waals surface area contributed by atoms with Crippen molar-refractivity contribution in [2.45, 2.75) is 42.8 Å². The summed E-state index contributed by atoms with van der Waals surface area (Å²) in [6.45, 7) is 0.911. The van der Waals surface area contributed by atoms with E-state index in [-0.39, 0.29) is 18.2 Å². The van der Waals surface area contributed by atoms with Crippen molar-refractivity contribution in [2.75, 3.05) is 18.9 Å². The molecule has 0 unspecified atom stereocenters. The van der Waals surface area contributed by atoms with Crippen LogP contribution in [0.2, 0.25) is 0 Å². The molecular weight excluding hydrogens is 288 g/mol. The van der Waals surface area contributed by atoms with Gasteiger partial charge in [-0.1, -0.05) is 0 Å². The minimum absolute atomic E-state index is 0.0825. The van der Waals surface area contributed by atoms with Crippen LogP contribution in [-0.4, -0.2) is 81.1 Å². The average molecular weight is 310 g/mol. The van der Waals surface area contributed by atoms with Crippen LogP contribution in [0.15, 0.2) is 0 Å². The smallest absolute Gasteiger partial charge is 0.217 e. The van der Waals surface area contributed by atoms with Crippen LogP contribution < -0.4 is 11.1 Å². The highest BCUT2D eigenvalue weighted by Crippen LogP contribution is 2.28. The van der Waals surface area contributed by atoms with Gasteiger partial charge in [-0.15, -0.1) is 11.8 Å². The van der Waals surface area contributed by atoms with Crippen LogP contribution in [0.5, 0.6) is 0 Å². The van der Waals surface area contributed by atoms with Crippen LogP contribution in [0.3, 0.4) is 0 Å². The molecular formula is C11H22N2O6S. The molecule has 0 bridgehead atoms. The number of ether oxygens (including phenoxy) is 1. The van der Waals surface area contributed by atoms with E-state index in [1.165, 1.54) is 6.92 Å². The van der Waals surface area contributed by atoms with E-state index >= 15 is 0 Å². The maximum Gasteiger partial charge on any atom is 0.217 e. The number of carbonyl (C=O) groups excluding carboxylic acids is 1. The van der Waals surface area contributed by atoms with E-state index in [0.29, 0.717) is 0 Å². The van der Waals surface area contributed by atoms with Crippen LogP contribution in [0, 0.1) is 0 Å². The fourth-order valence-electron chi connectivity index (χ4n) is 1.89. The number of thioether (sulfide) groups is 1. The van der Waals surface area contributed by atoms with Crippen LogP contribution in [0.4, 0.5) is 0 Å². The Morgan fingerprint density at radius 1 is 1.45 bits per heavy atom. The summed E-state index contributed by atoms with van der Waals surface area (Å²) in [7, 11) is 0. The molecule has 0 aliphatic carbocycles. The van der Waals surface area contributed by atoms with E-state index in [1.807, 2.05) is 0 Å². The van der Waals surface area contributed by atoms with Crippen LogP contribution >= 0.6 is 11.8 Å². The Labute approximate surface area is 121 Å². The van der Waals surface area contributed by atoms with E-state index in [4.69, 9.17) is 15.6 Å². The molecule has 0 aromatic carbocycles. The van der Waals surface area contributed by atoms with Gasteiger partial charge in [0.25, 0.3) is 0 Å². The third-order valence-electron chi connectivity index (χ3n) is 2.98. The van der Waals surface area contributed by atoms with Crippen molar-refractivity contribution in [1.29, 1.82) is 0 Å². The number of amides is 1. The lowest BCUT2D eigenvalue weighted by Crippen LogP contribution is -2.63. The topological polar surface area (TPSA) is 145 Å². The summed E-state index contributed by atoms with van der Waals surface area (Å²) in [6.07, 6.45) is -4.24. The highest BCUT2D eigenvalue weighted by Gasteiger charge is 2.44. The third kappa shape index (κ3) is 4.55. The molecule has 1 heterocycles. The number of nitrogens with one attached hydrogen (secondary N) is 1. The normalized spacial score (nSPS) is 35.6. The van der Waals surface area contributed by atoms with E-state index in [1.54, 1.807) is 0 Å². The second kappa shape index (κ2) is 8.13. The number of carbonyl (C=O) groups is 1. The van der Waals surface area contributed by atoms with E-state index in [2.05, 4.69) is 5.32 Å². The quantitative estimate of drug-likeness (QED) is 0.304. The second-order valence-corrected chi connectivity index (χ2v) is 5.79. The Hall–Kier alpha value is -0.420. The molecule has 8 nitrogen and oxygen atoms in total. The molecule has 7 N–H and O–H groups in total. The molecule has 1 saturated heterocycles. The first-order valence-electron chi connectivity index (χ1n) is 6.30. The minimum Gasteiger partial charge on any atom is -0.394 e. The Morgan fingerprint density at radius 2 is 2.10 bits per heavy atom. The first kappa shape index (κ1) is 17.6. The van der Waals surface area contributed by atoms with Crippen molar-refractivity contribution in [1.82, 2.24) is 5.32 Å². The largest absolute Gasteiger partial charge is 0.394 e. The molecule has 0 saturated carbocycles.